The van der Waals surface area contributed by atoms with Crippen molar-refractivity contribution in [3.8, 4) is 0 Å². The molecule has 4 heteroatoms. The van der Waals surface area contributed by atoms with Gasteiger partial charge < -0.3 is 16.0 Å². The predicted octanol–water partition coefficient (Wildman–Crippen LogP) is 2.34. The highest BCUT2D eigenvalue weighted by atomic mass is 15.2. The first kappa shape index (κ1) is 13.1. The average molecular weight is 248 g/mol. The lowest BCUT2D eigenvalue weighted by Gasteiger charge is -2.33. The highest BCUT2D eigenvalue weighted by Gasteiger charge is 2.16. The highest BCUT2D eigenvalue weighted by Crippen LogP contribution is 2.16. The lowest BCUT2D eigenvalue weighted by atomic mass is 10.0. The van der Waals surface area contributed by atoms with E-state index in [2.05, 4.69) is 22.1 Å². The van der Waals surface area contributed by atoms with Crippen molar-refractivity contribution < 1.29 is 0 Å². The molecule has 1 aromatic heterocycles. The third-order valence-electron chi connectivity index (χ3n) is 3.66. The minimum Gasteiger partial charge on any atom is -0.397 e. The van der Waals surface area contributed by atoms with E-state index in [0.717, 1.165) is 24.8 Å². The fourth-order valence-electron chi connectivity index (χ4n) is 2.50. The Bertz CT molecular complexity index is 349. The molecule has 0 amide bonds. The molecule has 2 heterocycles. The highest BCUT2D eigenvalue weighted by molar-refractivity contribution is 5.43. The fourth-order valence-corrected chi connectivity index (χ4v) is 2.50. The van der Waals surface area contributed by atoms with Crippen molar-refractivity contribution in [1.29, 1.82) is 0 Å². The number of nitrogens with one attached hydrogen (secondary N) is 1. The number of likely N-dealkylation sites (tertiary alicyclic amines) is 1. The molecule has 3 N–H and O–H groups in total. The van der Waals surface area contributed by atoms with Gasteiger partial charge in [0.1, 0.15) is 5.82 Å². The van der Waals surface area contributed by atoms with Gasteiger partial charge in [-0.05, 0) is 44.9 Å². The Kier molecular flexibility index (Phi) is 4.81. The average Bonchev–Trinajstić information content (AvgIpc) is 2.39. The summed E-state index contributed by atoms with van der Waals surface area (Å²) in [5.41, 5.74) is 6.31. The van der Waals surface area contributed by atoms with Gasteiger partial charge >= 0.3 is 0 Å². The van der Waals surface area contributed by atoms with Gasteiger partial charge in [-0.3, -0.25) is 0 Å². The van der Waals surface area contributed by atoms with Crippen LogP contribution in [0.5, 0.6) is 0 Å². The number of nitrogens with zero attached hydrogens (tertiary/aromatic N) is 2. The second-order valence-corrected chi connectivity index (χ2v) is 5.14. The molecule has 2 rings (SSSR count). The van der Waals surface area contributed by atoms with Crippen molar-refractivity contribution >= 4 is 11.5 Å². The summed E-state index contributed by atoms with van der Waals surface area (Å²) >= 11 is 0. The van der Waals surface area contributed by atoms with Gasteiger partial charge in [0.25, 0.3) is 0 Å². The molecule has 100 valence electrons. The van der Waals surface area contributed by atoms with Crippen LogP contribution >= 0.6 is 0 Å². The lowest BCUT2D eigenvalue weighted by molar-refractivity contribution is 0.160. The summed E-state index contributed by atoms with van der Waals surface area (Å²) in [6.07, 6.45) is 6.96. The molecule has 0 aliphatic carbocycles. The van der Waals surface area contributed by atoms with Crippen LogP contribution in [0.1, 0.15) is 32.6 Å². The minimum absolute atomic E-state index is 0.711. The van der Waals surface area contributed by atoms with Crippen LogP contribution in [0.3, 0.4) is 0 Å². The van der Waals surface area contributed by atoms with E-state index in [0.29, 0.717) is 5.69 Å². The van der Waals surface area contributed by atoms with Gasteiger partial charge in [-0.2, -0.15) is 0 Å². The monoisotopic (exact) mass is 248 g/mol. The fraction of sp³-hybridized carbons (Fsp3) is 0.643. The third-order valence-corrected chi connectivity index (χ3v) is 3.66. The summed E-state index contributed by atoms with van der Waals surface area (Å²) in [5.74, 6) is 0.913. The van der Waals surface area contributed by atoms with E-state index < -0.39 is 0 Å². The van der Waals surface area contributed by atoms with Crippen molar-refractivity contribution in [3.63, 3.8) is 0 Å². The molecule has 1 aromatic rings. The molecule has 0 radical (unpaired) electrons. The smallest absolute Gasteiger partial charge is 0.126 e. The van der Waals surface area contributed by atoms with Crippen LogP contribution in [0.15, 0.2) is 18.3 Å². The SMILES string of the molecule is CC1CCCCN1CCCNc1ccc(N)cn1. The van der Waals surface area contributed by atoms with E-state index in [-0.39, 0.29) is 0 Å². The number of anilines is 2. The van der Waals surface area contributed by atoms with Gasteiger partial charge in [-0.25, -0.2) is 4.98 Å². The van der Waals surface area contributed by atoms with Crippen LogP contribution < -0.4 is 11.1 Å². The first-order valence-electron chi connectivity index (χ1n) is 6.95. The van der Waals surface area contributed by atoms with E-state index in [1.165, 1.54) is 32.4 Å². The molecule has 1 aliphatic rings. The Morgan fingerprint density at radius 3 is 3.06 bits per heavy atom. The van der Waals surface area contributed by atoms with Crippen molar-refractivity contribution in [2.45, 2.75) is 38.6 Å². The molecule has 0 spiro atoms. The maximum atomic E-state index is 5.60. The topological polar surface area (TPSA) is 54.2 Å². The summed E-state index contributed by atoms with van der Waals surface area (Å²) < 4.78 is 0. The molecule has 1 fully saturated rings. The van der Waals surface area contributed by atoms with Crippen LogP contribution in [-0.4, -0.2) is 35.6 Å². The molecule has 1 aliphatic heterocycles. The number of pyridine rings is 1. The summed E-state index contributed by atoms with van der Waals surface area (Å²) in [7, 11) is 0. The van der Waals surface area contributed by atoms with Gasteiger partial charge in [0, 0.05) is 19.1 Å². The summed E-state index contributed by atoms with van der Waals surface area (Å²) in [4.78, 5) is 6.83. The van der Waals surface area contributed by atoms with Crippen LogP contribution in [0.25, 0.3) is 0 Å². The molecular formula is C14H24N4. The Balaban J connectivity index is 1.65. The van der Waals surface area contributed by atoms with Crippen LogP contribution in [0.2, 0.25) is 0 Å². The number of rotatable bonds is 5. The maximum Gasteiger partial charge on any atom is 0.126 e. The van der Waals surface area contributed by atoms with Gasteiger partial charge in [-0.1, -0.05) is 6.42 Å². The van der Waals surface area contributed by atoms with Crippen molar-refractivity contribution in [2.75, 3.05) is 30.7 Å². The molecule has 0 saturated carbocycles. The molecule has 4 nitrogen and oxygen atoms in total. The Hall–Kier alpha value is -1.29. The second-order valence-electron chi connectivity index (χ2n) is 5.14. The summed E-state index contributed by atoms with van der Waals surface area (Å²) in [5, 5.41) is 3.33. The predicted molar refractivity (Wildman–Crippen MR) is 76.6 cm³/mol. The Labute approximate surface area is 110 Å². The first-order valence-corrected chi connectivity index (χ1v) is 6.95. The normalized spacial score (nSPS) is 20.8. The molecule has 0 bridgehead atoms. The van der Waals surface area contributed by atoms with Crippen LogP contribution in [0.4, 0.5) is 11.5 Å². The molecular weight excluding hydrogens is 224 g/mol. The minimum atomic E-state index is 0.711. The Morgan fingerprint density at radius 2 is 2.33 bits per heavy atom. The van der Waals surface area contributed by atoms with Crippen LogP contribution in [0, 0.1) is 0 Å². The molecule has 1 saturated heterocycles. The van der Waals surface area contributed by atoms with E-state index in [9.17, 15) is 0 Å². The maximum absolute atomic E-state index is 5.60. The van der Waals surface area contributed by atoms with E-state index in [1.54, 1.807) is 6.20 Å². The Morgan fingerprint density at radius 1 is 1.44 bits per heavy atom. The molecule has 1 atom stereocenters. The summed E-state index contributed by atoms with van der Waals surface area (Å²) in [6.45, 7) is 5.76. The van der Waals surface area contributed by atoms with Crippen molar-refractivity contribution in [3.05, 3.63) is 18.3 Å². The molecule has 18 heavy (non-hydrogen) atoms. The third kappa shape index (κ3) is 3.88. The standard InChI is InChI=1S/C14H24N4/c1-12-5-2-3-9-18(12)10-4-8-16-14-7-6-13(15)11-17-14/h6-7,11-12H,2-5,8-10,15H2,1H3,(H,16,17). The number of aromatic nitrogens is 1. The largest absolute Gasteiger partial charge is 0.397 e. The van der Waals surface area contributed by atoms with E-state index in [4.69, 9.17) is 5.73 Å². The number of hydrogen-bond donors (Lipinski definition) is 2. The van der Waals surface area contributed by atoms with Gasteiger partial charge in [-0.15, -0.1) is 0 Å². The summed E-state index contributed by atoms with van der Waals surface area (Å²) in [6, 6.07) is 4.56. The van der Waals surface area contributed by atoms with Crippen LogP contribution in [-0.2, 0) is 0 Å². The number of hydrogen-bond acceptors (Lipinski definition) is 4. The van der Waals surface area contributed by atoms with Crippen molar-refractivity contribution in [1.82, 2.24) is 9.88 Å². The zero-order valence-electron chi connectivity index (χ0n) is 11.2. The second kappa shape index (κ2) is 6.59. The molecule has 0 aromatic carbocycles. The zero-order valence-corrected chi connectivity index (χ0v) is 11.2. The van der Waals surface area contributed by atoms with Gasteiger partial charge in [0.2, 0.25) is 0 Å². The van der Waals surface area contributed by atoms with Crippen molar-refractivity contribution in [2.24, 2.45) is 0 Å². The molecule has 1 unspecified atom stereocenters. The first-order chi connectivity index (χ1) is 8.75. The van der Waals surface area contributed by atoms with Gasteiger partial charge in [0.15, 0.2) is 0 Å². The zero-order chi connectivity index (χ0) is 12.8. The number of piperidine rings is 1. The number of nitrogen functional groups attached to an aromatic ring is 1. The van der Waals surface area contributed by atoms with Gasteiger partial charge in [0.05, 0.1) is 11.9 Å². The van der Waals surface area contributed by atoms with E-state index in [1.807, 2.05) is 12.1 Å². The lowest BCUT2D eigenvalue weighted by Crippen LogP contribution is -2.38. The quantitative estimate of drug-likeness (QED) is 0.785. The van der Waals surface area contributed by atoms with E-state index >= 15 is 0 Å². The number of nitrogens with two attached hydrogens (primary N) is 1.